The minimum atomic E-state index is 0.0337. The van der Waals surface area contributed by atoms with Crippen LogP contribution in [0.1, 0.15) is 19.8 Å². The molecule has 0 saturated carbocycles. The predicted molar refractivity (Wildman–Crippen MR) is 79.8 cm³/mol. The molecule has 0 bridgehead atoms. The third-order valence-corrected chi connectivity index (χ3v) is 4.02. The molecule has 3 N–H and O–H groups in total. The fraction of sp³-hybridized carbons (Fsp3) is 0.500. The van der Waals surface area contributed by atoms with Gasteiger partial charge < -0.3 is 16.0 Å². The van der Waals surface area contributed by atoms with Gasteiger partial charge in [0.05, 0.1) is 11.4 Å². The fourth-order valence-corrected chi connectivity index (χ4v) is 2.79. The number of aromatic nitrogens is 2. The number of fused-ring (bicyclic) bond motifs is 1. The van der Waals surface area contributed by atoms with Gasteiger partial charge in [-0.25, -0.2) is 4.63 Å². The number of amides is 1. The zero-order valence-electron chi connectivity index (χ0n) is 12.0. The van der Waals surface area contributed by atoms with E-state index in [-0.39, 0.29) is 5.91 Å². The molecular formula is C14H19N5O2. The maximum absolute atomic E-state index is 11.0. The van der Waals surface area contributed by atoms with E-state index in [4.69, 9.17) is 10.4 Å². The van der Waals surface area contributed by atoms with Crippen LogP contribution in [0, 0.1) is 5.92 Å². The summed E-state index contributed by atoms with van der Waals surface area (Å²) in [7, 11) is 0. The van der Waals surface area contributed by atoms with Crippen LogP contribution in [0.3, 0.4) is 0 Å². The first-order valence-corrected chi connectivity index (χ1v) is 7.15. The number of piperidine rings is 1. The Hall–Kier alpha value is -2.31. The van der Waals surface area contributed by atoms with Crippen molar-refractivity contribution in [1.29, 1.82) is 0 Å². The maximum Gasteiger partial charge on any atom is 0.216 e. The molecule has 0 unspecified atom stereocenters. The van der Waals surface area contributed by atoms with Gasteiger partial charge in [-0.2, -0.15) is 0 Å². The number of carbonyl (C=O) groups is 1. The van der Waals surface area contributed by atoms with Gasteiger partial charge in [0, 0.05) is 26.6 Å². The van der Waals surface area contributed by atoms with Crippen LogP contribution in [0.15, 0.2) is 16.8 Å². The molecule has 2 aromatic rings. The first-order chi connectivity index (χ1) is 10.1. The normalized spacial score (nSPS) is 16.3. The molecule has 1 saturated heterocycles. The Morgan fingerprint density at radius 1 is 1.38 bits per heavy atom. The lowest BCUT2D eigenvalue weighted by Crippen LogP contribution is -2.38. The van der Waals surface area contributed by atoms with E-state index in [1.54, 1.807) is 6.92 Å². The van der Waals surface area contributed by atoms with Gasteiger partial charge in [-0.3, -0.25) is 4.79 Å². The van der Waals surface area contributed by atoms with Crippen LogP contribution in [0.4, 0.5) is 11.4 Å². The van der Waals surface area contributed by atoms with Crippen molar-refractivity contribution >= 4 is 28.3 Å². The highest BCUT2D eigenvalue weighted by Crippen LogP contribution is 2.31. The Balaban J connectivity index is 1.70. The summed E-state index contributed by atoms with van der Waals surface area (Å²) in [5.74, 6) is 0.566. The molecule has 0 atom stereocenters. The smallest absolute Gasteiger partial charge is 0.216 e. The van der Waals surface area contributed by atoms with E-state index in [1.807, 2.05) is 12.1 Å². The molecule has 0 radical (unpaired) electrons. The molecule has 7 heteroatoms. The number of anilines is 2. The van der Waals surface area contributed by atoms with Crippen LogP contribution >= 0.6 is 0 Å². The number of nitrogens with two attached hydrogens (primary N) is 1. The maximum atomic E-state index is 11.0. The Bertz CT molecular complexity index is 646. The molecular weight excluding hydrogens is 270 g/mol. The van der Waals surface area contributed by atoms with E-state index < -0.39 is 0 Å². The lowest BCUT2D eigenvalue weighted by Gasteiger charge is -2.33. The highest BCUT2D eigenvalue weighted by molar-refractivity contribution is 5.95. The van der Waals surface area contributed by atoms with Crippen molar-refractivity contribution in [3.8, 4) is 0 Å². The molecule has 0 aliphatic carbocycles. The molecule has 1 aliphatic heterocycles. The molecule has 2 heterocycles. The van der Waals surface area contributed by atoms with Crippen molar-refractivity contribution in [2.24, 2.45) is 5.92 Å². The van der Waals surface area contributed by atoms with E-state index in [9.17, 15) is 4.79 Å². The van der Waals surface area contributed by atoms with Crippen LogP contribution in [0.2, 0.25) is 0 Å². The lowest BCUT2D eigenvalue weighted by atomic mass is 9.96. The summed E-state index contributed by atoms with van der Waals surface area (Å²) < 4.78 is 4.81. The summed E-state index contributed by atoms with van der Waals surface area (Å²) in [4.78, 5) is 13.2. The average molecular weight is 289 g/mol. The molecule has 7 nitrogen and oxygen atoms in total. The number of nitrogen functional groups attached to an aromatic ring is 1. The minimum Gasteiger partial charge on any atom is -0.397 e. The second-order valence-electron chi connectivity index (χ2n) is 5.50. The van der Waals surface area contributed by atoms with Gasteiger partial charge in [0.1, 0.15) is 0 Å². The molecule has 1 aliphatic rings. The second-order valence-corrected chi connectivity index (χ2v) is 5.50. The van der Waals surface area contributed by atoms with Crippen molar-refractivity contribution in [3.63, 3.8) is 0 Å². The number of benzene rings is 1. The standard InChI is InChI=1S/C14H19N5O2/c1-9(20)16-8-10-4-6-19(7-5-10)12-3-2-11(15)13-14(12)18-21-17-13/h2-3,10H,4-8,15H2,1H3,(H,16,20). The van der Waals surface area contributed by atoms with E-state index >= 15 is 0 Å². The second kappa shape index (κ2) is 5.59. The third kappa shape index (κ3) is 2.76. The van der Waals surface area contributed by atoms with Crippen molar-refractivity contribution in [2.75, 3.05) is 30.3 Å². The van der Waals surface area contributed by atoms with E-state index in [2.05, 4.69) is 20.5 Å². The van der Waals surface area contributed by atoms with Gasteiger partial charge in [0.2, 0.25) is 5.91 Å². The number of hydrogen-bond acceptors (Lipinski definition) is 6. The zero-order chi connectivity index (χ0) is 14.8. The zero-order valence-corrected chi connectivity index (χ0v) is 12.0. The average Bonchev–Trinajstić information content (AvgIpc) is 2.97. The van der Waals surface area contributed by atoms with Gasteiger partial charge in [0.15, 0.2) is 11.0 Å². The Labute approximate surface area is 122 Å². The predicted octanol–water partition coefficient (Wildman–Crippen LogP) is 1.16. The number of nitrogens with zero attached hydrogens (tertiary/aromatic N) is 3. The summed E-state index contributed by atoms with van der Waals surface area (Å²) in [6.45, 7) is 4.16. The summed E-state index contributed by atoms with van der Waals surface area (Å²) in [5.41, 5.74) is 8.80. The lowest BCUT2D eigenvalue weighted by molar-refractivity contribution is -0.119. The van der Waals surface area contributed by atoms with Crippen LogP contribution in [-0.4, -0.2) is 35.9 Å². The highest BCUT2D eigenvalue weighted by Gasteiger charge is 2.22. The van der Waals surface area contributed by atoms with Gasteiger partial charge in [-0.05, 0) is 41.2 Å². The van der Waals surface area contributed by atoms with Crippen molar-refractivity contribution in [2.45, 2.75) is 19.8 Å². The van der Waals surface area contributed by atoms with Crippen LogP contribution < -0.4 is 16.0 Å². The first kappa shape index (κ1) is 13.7. The Kier molecular flexibility index (Phi) is 3.64. The summed E-state index contributed by atoms with van der Waals surface area (Å²) in [5, 5.41) is 10.7. The number of nitrogens with one attached hydrogen (secondary N) is 1. The Morgan fingerprint density at radius 2 is 2.10 bits per heavy atom. The van der Waals surface area contributed by atoms with Gasteiger partial charge >= 0.3 is 0 Å². The molecule has 1 aromatic heterocycles. The van der Waals surface area contributed by atoms with Gasteiger partial charge in [-0.15, -0.1) is 0 Å². The summed E-state index contributed by atoms with van der Waals surface area (Å²) in [6.07, 6.45) is 2.08. The number of hydrogen-bond donors (Lipinski definition) is 2. The van der Waals surface area contributed by atoms with Crippen LogP contribution in [-0.2, 0) is 4.79 Å². The first-order valence-electron chi connectivity index (χ1n) is 7.15. The monoisotopic (exact) mass is 289 g/mol. The van der Waals surface area contributed by atoms with E-state index in [1.165, 1.54) is 0 Å². The molecule has 3 rings (SSSR count). The minimum absolute atomic E-state index is 0.0337. The highest BCUT2D eigenvalue weighted by atomic mass is 16.6. The summed E-state index contributed by atoms with van der Waals surface area (Å²) in [6, 6.07) is 3.81. The third-order valence-electron chi connectivity index (χ3n) is 4.02. The molecule has 0 spiro atoms. The molecule has 21 heavy (non-hydrogen) atoms. The SMILES string of the molecule is CC(=O)NCC1CCN(c2ccc(N)c3nonc23)CC1. The molecule has 1 amide bonds. The fourth-order valence-electron chi connectivity index (χ4n) is 2.79. The van der Waals surface area contributed by atoms with Crippen molar-refractivity contribution < 1.29 is 9.42 Å². The number of carbonyl (C=O) groups excluding carboxylic acids is 1. The van der Waals surface area contributed by atoms with Crippen LogP contribution in [0.5, 0.6) is 0 Å². The molecule has 1 aromatic carbocycles. The van der Waals surface area contributed by atoms with Gasteiger partial charge in [-0.1, -0.05) is 0 Å². The largest absolute Gasteiger partial charge is 0.397 e. The van der Waals surface area contributed by atoms with Crippen molar-refractivity contribution in [3.05, 3.63) is 12.1 Å². The van der Waals surface area contributed by atoms with E-state index in [0.29, 0.717) is 17.1 Å². The van der Waals surface area contributed by atoms with E-state index in [0.717, 1.165) is 43.7 Å². The quantitative estimate of drug-likeness (QED) is 0.823. The number of rotatable bonds is 3. The topological polar surface area (TPSA) is 97.3 Å². The molecule has 112 valence electrons. The van der Waals surface area contributed by atoms with Gasteiger partial charge in [0.25, 0.3) is 0 Å². The van der Waals surface area contributed by atoms with Crippen LogP contribution in [0.25, 0.3) is 11.0 Å². The summed E-state index contributed by atoms with van der Waals surface area (Å²) >= 11 is 0. The molecule has 1 fully saturated rings. The van der Waals surface area contributed by atoms with Crippen molar-refractivity contribution in [1.82, 2.24) is 15.6 Å². The Morgan fingerprint density at radius 3 is 2.81 bits per heavy atom.